The van der Waals surface area contributed by atoms with Crippen LogP contribution in [-0.4, -0.2) is 29.3 Å². The molecule has 0 saturated carbocycles. The third kappa shape index (κ3) is 10.0. The van der Waals surface area contributed by atoms with Crippen molar-refractivity contribution in [3.05, 3.63) is 48.0 Å². The lowest BCUT2D eigenvalue weighted by atomic mass is 9.80. The molecule has 186 valence electrons. The minimum Gasteiger partial charge on any atom is -0.478 e. The largest absolute Gasteiger partial charge is 0.478 e. The third-order valence-corrected chi connectivity index (χ3v) is 6.68. The maximum Gasteiger partial charge on any atom is 0.190 e. The Balaban J connectivity index is 2.18. The second kappa shape index (κ2) is 15.3. The van der Waals surface area contributed by atoms with E-state index in [-0.39, 0.29) is 17.4 Å². The second-order valence-electron chi connectivity index (χ2n) is 10.4. The molecule has 0 saturated heterocycles. The van der Waals surface area contributed by atoms with Crippen LogP contribution in [0.1, 0.15) is 116 Å². The quantitative estimate of drug-likeness (QED) is 0.190. The van der Waals surface area contributed by atoms with E-state index in [1.54, 1.807) is 0 Å². The minimum absolute atomic E-state index is 0.0696. The number of benzene rings is 1. The first-order valence-electron chi connectivity index (χ1n) is 13.6. The number of aliphatic hydroxyl groups excluding tert-OH is 1. The molecule has 0 amide bonds. The number of hydrogen-bond acceptors (Lipinski definition) is 3. The molecule has 3 heteroatoms. The van der Waals surface area contributed by atoms with Gasteiger partial charge in [0.1, 0.15) is 6.61 Å². The molecular formula is C30H49NO2. The first kappa shape index (κ1) is 27.6. The summed E-state index contributed by atoms with van der Waals surface area (Å²) >= 11 is 0. The average Bonchev–Trinajstić information content (AvgIpc) is 3.17. The number of aliphatic imine (C=N–C) groups is 1. The highest BCUT2D eigenvalue weighted by atomic mass is 16.5. The van der Waals surface area contributed by atoms with E-state index in [9.17, 15) is 5.11 Å². The van der Waals surface area contributed by atoms with Gasteiger partial charge in [-0.05, 0) is 38.7 Å². The van der Waals surface area contributed by atoms with Gasteiger partial charge in [0.2, 0.25) is 0 Å². The minimum atomic E-state index is -0.459. The molecule has 33 heavy (non-hydrogen) atoms. The van der Waals surface area contributed by atoms with Crippen molar-refractivity contribution < 1.29 is 9.84 Å². The number of ether oxygens (including phenoxy) is 1. The van der Waals surface area contributed by atoms with Crippen molar-refractivity contribution in [1.29, 1.82) is 0 Å². The van der Waals surface area contributed by atoms with E-state index >= 15 is 0 Å². The lowest BCUT2D eigenvalue weighted by Crippen LogP contribution is -2.33. The summed E-state index contributed by atoms with van der Waals surface area (Å²) in [6, 6.07) is 10.6. The molecule has 0 unspecified atom stereocenters. The van der Waals surface area contributed by atoms with Crippen LogP contribution in [0, 0.1) is 5.92 Å². The molecule has 0 spiro atoms. The molecule has 1 aliphatic rings. The van der Waals surface area contributed by atoms with Gasteiger partial charge in [-0.15, -0.1) is 0 Å². The van der Waals surface area contributed by atoms with Gasteiger partial charge < -0.3 is 9.84 Å². The van der Waals surface area contributed by atoms with E-state index in [4.69, 9.17) is 9.73 Å². The maximum absolute atomic E-state index is 11.5. The summed E-state index contributed by atoms with van der Waals surface area (Å²) in [6.07, 6.45) is 18.5. The fourth-order valence-electron chi connectivity index (χ4n) is 4.70. The topological polar surface area (TPSA) is 41.8 Å². The van der Waals surface area contributed by atoms with Crippen LogP contribution in [0.2, 0.25) is 0 Å². The third-order valence-electron chi connectivity index (χ3n) is 6.68. The Morgan fingerprint density at radius 3 is 2.21 bits per heavy atom. The molecule has 0 aromatic heterocycles. The lowest BCUT2D eigenvalue weighted by Gasteiger charge is -2.29. The highest BCUT2D eigenvalue weighted by Crippen LogP contribution is 2.35. The zero-order valence-corrected chi connectivity index (χ0v) is 21.8. The molecule has 1 aliphatic heterocycles. The zero-order chi connectivity index (χ0) is 23.9. The van der Waals surface area contributed by atoms with Gasteiger partial charge in [0.15, 0.2) is 5.90 Å². The Labute approximate surface area is 203 Å². The molecule has 1 heterocycles. The van der Waals surface area contributed by atoms with Gasteiger partial charge in [-0.3, -0.25) is 0 Å². The van der Waals surface area contributed by atoms with Crippen molar-refractivity contribution in [1.82, 2.24) is 0 Å². The fourth-order valence-corrected chi connectivity index (χ4v) is 4.70. The van der Waals surface area contributed by atoms with Gasteiger partial charge in [0.25, 0.3) is 0 Å². The predicted molar refractivity (Wildman–Crippen MR) is 142 cm³/mol. The Bertz CT molecular complexity index is 695. The second-order valence-corrected chi connectivity index (χ2v) is 10.4. The maximum atomic E-state index is 11.5. The van der Waals surface area contributed by atoms with Crippen molar-refractivity contribution in [3.8, 4) is 0 Å². The summed E-state index contributed by atoms with van der Waals surface area (Å²) in [7, 11) is 0. The van der Waals surface area contributed by atoms with Crippen LogP contribution in [0.25, 0.3) is 0 Å². The molecule has 0 fully saturated rings. The van der Waals surface area contributed by atoms with Crippen LogP contribution in [0.15, 0.2) is 47.5 Å². The summed E-state index contributed by atoms with van der Waals surface area (Å²) in [5, 5.41) is 11.5. The molecule has 1 aromatic rings. The molecule has 0 bridgehead atoms. The summed E-state index contributed by atoms with van der Waals surface area (Å²) in [5.41, 5.74) is 1.00. The van der Waals surface area contributed by atoms with Gasteiger partial charge in [-0.25, -0.2) is 4.99 Å². The van der Waals surface area contributed by atoms with Crippen LogP contribution >= 0.6 is 0 Å². The van der Waals surface area contributed by atoms with Crippen LogP contribution in [0.5, 0.6) is 0 Å². The standard InChI is InChI=1S/C30H49NO2/c1-5-7-9-11-13-18-22-26(25-20-16-15-17-21-25)28(29-31-30(3,4)24-33-29)27(32)23-19-14-12-10-8-6-2/h15-18,20-22,26-28,32H,5-14,19,23-24H2,1-4H3/b22-18+/t26-,27-,28-/m0/s1. The molecule has 3 nitrogen and oxygen atoms in total. The van der Waals surface area contributed by atoms with E-state index in [0.29, 0.717) is 6.61 Å². The molecule has 0 radical (unpaired) electrons. The monoisotopic (exact) mass is 455 g/mol. The fraction of sp³-hybridized carbons (Fsp3) is 0.700. The van der Waals surface area contributed by atoms with E-state index in [0.717, 1.165) is 25.2 Å². The van der Waals surface area contributed by atoms with Crippen molar-refractivity contribution in [3.63, 3.8) is 0 Å². The summed E-state index contributed by atoms with van der Waals surface area (Å²) in [5.74, 6) is 0.666. The lowest BCUT2D eigenvalue weighted by molar-refractivity contribution is 0.106. The molecule has 1 aromatic carbocycles. The van der Waals surface area contributed by atoms with Crippen LogP contribution in [0.3, 0.4) is 0 Å². The summed E-state index contributed by atoms with van der Waals surface area (Å²) < 4.78 is 6.13. The zero-order valence-electron chi connectivity index (χ0n) is 21.8. The summed E-state index contributed by atoms with van der Waals surface area (Å²) in [4.78, 5) is 4.93. The van der Waals surface area contributed by atoms with Gasteiger partial charge in [-0.1, -0.05) is 114 Å². The van der Waals surface area contributed by atoms with E-state index in [2.05, 4.69) is 70.2 Å². The Hall–Kier alpha value is -1.61. The molecule has 0 aliphatic carbocycles. The number of aliphatic hydroxyl groups is 1. The first-order chi connectivity index (χ1) is 16.0. The van der Waals surface area contributed by atoms with Gasteiger partial charge in [-0.2, -0.15) is 0 Å². The SMILES string of the molecule is CCCCCC/C=C/[C@@H](c1ccccc1)[C@H](C1=NC(C)(C)CO1)[C@@H](O)CCCCCCCC. The smallest absolute Gasteiger partial charge is 0.190 e. The average molecular weight is 456 g/mol. The normalized spacial score (nSPS) is 18.2. The molecule has 3 atom stereocenters. The Morgan fingerprint density at radius 1 is 0.939 bits per heavy atom. The van der Waals surface area contributed by atoms with Gasteiger partial charge in [0.05, 0.1) is 17.6 Å². The predicted octanol–water partition coefficient (Wildman–Crippen LogP) is 8.23. The number of nitrogens with zero attached hydrogens (tertiary/aromatic N) is 1. The Kier molecular flexibility index (Phi) is 12.8. The summed E-state index contributed by atoms with van der Waals surface area (Å²) in [6.45, 7) is 9.31. The number of allylic oxidation sites excluding steroid dienone is 2. The highest BCUT2D eigenvalue weighted by molar-refractivity contribution is 5.82. The highest BCUT2D eigenvalue weighted by Gasteiger charge is 2.38. The van der Waals surface area contributed by atoms with Gasteiger partial charge >= 0.3 is 0 Å². The van der Waals surface area contributed by atoms with Crippen LogP contribution < -0.4 is 0 Å². The Morgan fingerprint density at radius 2 is 1.58 bits per heavy atom. The van der Waals surface area contributed by atoms with Crippen molar-refractivity contribution in [2.45, 2.75) is 122 Å². The number of hydrogen-bond donors (Lipinski definition) is 1. The van der Waals surface area contributed by atoms with Crippen LogP contribution in [0.4, 0.5) is 0 Å². The molecular weight excluding hydrogens is 406 g/mol. The number of unbranched alkanes of at least 4 members (excludes halogenated alkanes) is 9. The van der Waals surface area contributed by atoms with Gasteiger partial charge in [0, 0.05) is 5.92 Å². The van der Waals surface area contributed by atoms with E-state index < -0.39 is 6.10 Å². The van der Waals surface area contributed by atoms with Crippen LogP contribution in [-0.2, 0) is 4.74 Å². The van der Waals surface area contributed by atoms with Crippen molar-refractivity contribution >= 4 is 5.90 Å². The first-order valence-corrected chi connectivity index (χ1v) is 13.6. The van der Waals surface area contributed by atoms with Crippen molar-refractivity contribution in [2.24, 2.45) is 10.9 Å². The number of rotatable bonds is 17. The molecule has 2 rings (SSSR count). The molecule has 1 N–H and O–H groups in total. The van der Waals surface area contributed by atoms with E-state index in [1.165, 1.54) is 63.4 Å². The van der Waals surface area contributed by atoms with Crippen molar-refractivity contribution in [2.75, 3.05) is 6.61 Å². The van der Waals surface area contributed by atoms with E-state index in [1.807, 2.05) is 0 Å².